The Bertz CT molecular complexity index is 641. The van der Waals surface area contributed by atoms with Gasteiger partial charge in [-0.25, -0.2) is 4.79 Å². The summed E-state index contributed by atoms with van der Waals surface area (Å²) in [5, 5.41) is 8.12. The molecule has 2 aliphatic heterocycles. The van der Waals surface area contributed by atoms with Crippen LogP contribution in [-0.4, -0.2) is 63.3 Å². The van der Waals surface area contributed by atoms with Crippen LogP contribution >= 0.6 is 11.3 Å². The molecular formula is C15H19N3O5S. The number of carbonyl (C=O) groups excluding carboxylic acids is 3. The molecule has 0 bridgehead atoms. The van der Waals surface area contributed by atoms with Gasteiger partial charge in [0.15, 0.2) is 0 Å². The van der Waals surface area contributed by atoms with E-state index in [4.69, 9.17) is 9.47 Å². The van der Waals surface area contributed by atoms with Gasteiger partial charge in [-0.2, -0.15) is 0 Å². The lowest BCUT2D eigenvalue weighted by atomic mass is 10.2. The molecule has 3 rings (SSSR count). The van der Waals surface area contributed by atoms with Crippen molar-refractivity contribution in [3.05, 3.63) is 17.0 Å². The van der Waals surface area contributed by atoms with E-state index in [2.05, 4.69) is 10.6 Å². The second kappa shape index (κ2) is 7.29. The Labute approximate surface area is 143 Å². The lowest BCUT2D eigenvalue weighted by Gasteiger charge is -2.24. The van der Waals surface area contributed by atoms with E-state index in [9.17, 15) is 14.4 Å². The SMILES string of the molecule is COC(=O)c1ccsc1N1CCC(NC(=O)C2COCCN2)C1=O. The van der Waals surface area contributed by atoms with E-state index in [1.165, 1.54) is 23.3 Å². The number of anilines is 1. The maximum Gasteiger partial charge on any atom is 0.340 e. The van der Waals surface area contributed by atoms with Crippen LogP contribution in [0.2, 0.25) is 0 Å². The molecule has 2 fully saturated rings. The highest BCUT2D eigenvalue weighted by molar-refractivity contribution is 7.14. The van der Waals surface area contributed by atoms with Crippen molar-refractivity contribution in [2.24, 2.45) is 0 Å². The number of hydrogen-bond acceptors (Lipinski definition) is 7. The van der Waals surface area contributed by atoms with Gasteiger partial charge >= 0.3 is 5.97 Å². The van der Waals surface area contributed by atoms with Gasteiger partial charge in [0.2, 0.25) is 11.8 Å². The summed E-state index contributed by atoms with van der Waals surface area (Å²) in [5.74, 6) is -0.933. The second-order valence-electron chi connectivity index (χ2n) is 5.55. The standard InChI is InChI=1S/C15H19N3O5S/c1-22-15(21)9-3-7-24-14(9)18-5-2-10(13(18)20)17-12(19)11-8-23-6-4-16-11/h3,7,10-11,16H,2,4-6,8H2,1H3,(H,17,19). The van der Waals surface area contributed by atoms with Crippen LogP contribution in [0.15, 0.2) is 11.4 Å². The zero-order valence-corrected chi connectivity index (χ0v) is 14.1. The van der Waals surface area contributed by atoms with Gasteiger partial charge in [0.25, 0.3) is 0 Å². The van der Waals surface area contributed by atoms with Crippen LogP contribution in [0, 0.1) is 0 Å². The molecule has 2 N–H and O–H groups in total. The summed E-state index contributed by atoms with van der Waals surface area (Å²) < 4.78 is 10.00. The van der Waals surface area contributed by atoms with E-state index in [0.717, 1.165) is 0 Å². The lowest BCUT2D eigenvalue weighted by Crippen LogP contribution is -2.54. The molecule has 9 heteroatoms. The molecule has 3 heterocycles. The quantitative estimate of drug-likeness (QED) is 0.724. The molecule has 0 radical (unpaired) electrons. The van der Waals surface area contributed by atoms with Crippen molar-refractivity contribution < 1.29 is 23.9 Å². The molecule has 8 nitrogen and oxygen atoms in total. The van der Waals surface area contributed by atoms with E-state index in [-0.39, 0.29) is 11.8 Å². The third kappa shape index (κ3) is 3.28. The van der Waals surface area contributed by atoms with Crippen LogP contribution < -0.4 is 15.5 Å². The Morgan fingerprint density at radius 1 is 1.50 bits per heavy atom. The number of amides is 2. The third-order valence-electron chi connectivity index (χ3n) is 4.06. The first-order valence-corrected chi connectivity index (χ1v) is 8.58. The number of esters is 1. The topological polar surface area (TPSA) is 97.0 Å². The molecule has 2 aliphatic rings. The maximum absolute atomic E-state index is 12.6. The van der Waals surface area contributed by atoms with Gasteiger partial charge in [-0.15, -0.1) is 11.3 Å². The van der Waals surface area contributed by atoms with Gasteiger partial charge in [-0.05, 0) is 17.9 Å². The molecule has 0 spiro atoms. The molecule has 2 unspecified atom stereocenters. The molecule has 0 aromatic carbocycles. The predicted molar refractivity (Wildman–Crippen MR) is 87.2 cm³/mol. The first-order chi connectivity index (χ1) is 11.6. The van der Waals surface area contributed by atoms with Gasteiger partial charge in [0, 0.05) is 13.1 Å². The van der Waals surface area contributed by atoms with Crippen molar-refractivity contribution in [2.45, 2.75) is 18.5 Å². The highest BCUT2D eigenvalue weighted by atomic mass is 32.1. The van der Waals surface area contributed by atoms with E-state index < -0.39 is 18.1 Å². The summed E-state index contributed by atoms with van der Waals surface area (Å²) >= 11 is 1.30. The summed E-state index contributed by atoms with van der Waals surface area (Å²) in [6, 6.07) is 0.607. The zero-order valence-electron chi connectivity index (χ0n) is 13.2. The fourth-order valence-corrected chi connectivity index (χ4v) is 3.72. The molecule has 2 saturated heterocycles. The number of hydrogen-bond donors (Lipinski definition) is 2. The Balaban J connectivity index is 1.66. The van der Waals surface area contributed by atoms with Gasteiger partial charge in [0.05, 0.1) is 25.9 Å². The van der Waals surface area contributed by atoms with Crippen molar-refractivity contribution in [3.8, 4) is 0 Å². The van der Waals surface area contributed by atoms with Gasteiger partial charge in [-0.3, -0.25) is 9.59 Å². The summed E-state index contributed by atoms with van der Waals surface area (Å²) in [7, 11) is 1.30. The number of carbonyl (C=O) groups is 3. The van der Waals surface area contributed by atoms with Gasteiger partial charge in [0.1, 0.15) is 17.1 Å². The van der Waals surface area contributed by atoms with Crippen molar-refractivity contribution in [1.82, 2.24) is 10.6 Å². The first kappa shape index (κ1) is 16.9. The number of morpholine rings is 1. The van der Waals surface area contributed by atoms with Crippen LogP contribution in [-0.2, 0) is 19.1 Å². The van der Waals surface area contributed by atoms with E-state index >= 15 is 0 Å². The molecule has 2 amide bonds. The Kier molecular flexibility index (Phi) is 5.12. The summed E-state index contributed by atoms with van der Waals surface area (Å²) in [6.07, 6.45) is 0.497. The Morgan fingerprint density at radius 2 is 2.33 bits per heavy atom. The highest BCUT2D eigenvalue weighted by Gasteiger charge is 2.37. The predicted octanol–water partition coefficient (Wildman–Crippen LogP) is -0.255. The fourth-order valence-electron chi connectivity index (χ4n) is 2.80. The smallest absolute Gasteiger partial charge is 0.340 e. The number of nitrogens with one attached hydrogen (secondary N) is 2. The molecule has 1 aromatic heterocycles. The molecular weight excluding hydrogens is 334 g/mol. The van der Waals surface area contributed by atoms with Crippen LogP contribution in [0.1, 0.15) is 16.8 Å². The number of ether oxygens (including phenoxy) is 2. The summed E-state index contributed by atoms with van der Waals surface area (Å²) in [4.78, 5) is 38.1. The molecule has 130 valence electrons. The van der Waals surface area contributed by atoms with Gasteiger partial charge in [-0.1, -0.05) is 0 Å². The molecule has 0 saturated carbocycles. The van der Waals surface area contributed by atoms with Gasteiger partial charge < -0.3 is 25.0 Å². The van der Waals surface area contributed by atoms with Crippen LogP contribution in [0.4, 0.5) is 5.00 Å². The first-order valence-electron chi connectivity index (χ1n) is 7.70. The normalized spacial score (nSPS) is 24.0. The average molecular weight is 353 g/mol. The number of nitrogens with zero attached hydrogens (tertiary/aromatic N) is 1. The van der Waals surface area contributed by atoms with Crippen molar-refractivity contribution in [3.63, 3.8) is 0 Å². The summed E-state index contributed by atoms with van der Waals surface area (Å²) in [6.45, 7) is 1.94. The largest absolute Gasteiger partial charge is 0.465 e. The number of rotatable bonds is 4. The molecule has 2 atom stereocenters. The lowest BCUT2D eigenvalue weighted by molar-refractivity contribution is -0.129. The third-order valence-corrected chi connectivity index (χ3v) is 4.99. The highest BCUT2D eigenvalue weighted by Crippen LogP contribution is 2.31. The fraction of sp³-hybridized carbons (Fsp3) is 0.533. The minimum atomic E-state index is -0.589. The molecule has 0 aliphatic carbocycles. The maximum atomic E-state index is 12.6. The number of thiophene rings is 1. The van der Waals surface area contributed by atoms with Crippen molar-refractivity contribution >= 4 is 34.1 Å². The van der Waals surface area contributed by atoms with Crippen LogP contribution in [0.25, 0.3) is 0 Å². The van der Waals surface area contributed by atoms with E-state index in [0.29, 0.717) is 43.3 Å². The minimum Gasteiger partial charge on any atom is -0.465 e. The Hall–Kier alpha value is -1.97. The van der Waals surface area contributed by atoms with Crippen molar-refractivity contribution in [2.75, 3.05) is 38.3 Å². The zero-order chi connectivity index (χ0) is 17.1. The van der Waals surface area contributed by atoms with Crippen LogP contribution in [0.5, 0.6) is 0 Å². The monoisotopic (exact) mass is 353 g/mol. The van der Waals surface area contributed by atoms with Crippen molar-refractivity contribution in [1.29, 1.82) is 0 Å². The number of methoxy groups -OCH3 is 1. The van der Waals surface area contributed by atoms with Crippen LogP contribution in [0.3, 0.4) is 0 Å². The van der Waals surface area contributed by atoms with E-state index in [1.54, 1.807) is 11.4 Å². The minimum absolute atomic E-state index is 0.215. The molecule has 24 heavy (non-hydrogen) atoms. The Morgan fingerprint density at radius 3 is 3.04 bits per heavy atom. The average Bonchev–Trinajstić information content (AvgIpc) is 3.22. The van der Waals surface area contributed by atoms with E-state index in [1.807, 2.05) is 0 Å². The summed E-state index contributed by atoms with van der Waals surface area (Å²) in [5.41, 5.74) is 0.366. The molecule has 1 aromatic rings. The second-order valence-corrected chi connectivity index (χ2v) is 6.45.